The second-order valence-corrected chi connectivity index (χ2v) is 9.25. The SMILES string of the molecule is Cc1c(C)c(C)c2c(c1C)c([NH-])c(C)c1c3c(C)c(C)c(C)c(C)c3c([NH-])c(C)c21.[Y].[Y].[Y].[Y].[Y].[Y]. The molecule has 0 bridgehead atoms. The van der Waals surface area contributed by atoms with Crippen molar-refractivity contribution in [1.29, 1.82) is 0 Å². The molecule has 4 rings (SSSR count). The average Bonchev–Trinajstić information content (AvgIpc) is 2.71. The average molecular weight is 930 g/mol. The molecule has 36 heavy (non-hydrogen) atoms. The number of hydrogen-bond donors (Lipinski definition) is 0. The van der Waals surface area contributed by atoms with Gasteiger partial charge in [0.1, 0.15) is 0 Å². The van der Waals surface area contributed by atoms with Gasteiger partial charge in [-0.1, -0.05) is 11.1 Å². The van der Waals surface area contributed by atoms with E-state index in [1.807, 2.05) is 0 Å². The number of aryl methyl sites for hydroxylation is 6. The first-order valence-electron chi connectivity index (χ1n) is 10.8. The number of benzene rings is 4. The normalized spacial score (nSPS) is 9.94. The van der Waals surface area contributed by atoms with E-state index in [1.54, 1.807) is 0 Å². The summed E-state index contributed by atoms with van der Waals surface area (Å²) in [7, 11) is 0. The van der Waals surface area contributed by atoms with Gasteiger partial charge in [-0.25, -0.2) is 0 Å². The molecule has 0 heterocycles. The van der Waals surface area contributed by atoms with Gasteiger partial charge in [0.05, 0.1) is 0 Å². The molecular formula is C28H32N2Y6-2. The molecular weight excluding hydrogens is 898 g/mol. The maximum absolute atomic E-state index is 9.15. The summed E-state index contributed by atoms with van der Waals surface area (Å²) >= 11 is 0. The van der Waals surface area contributed by atoms with Crippen LogP contribution in [0.1, 0.15) is 55.6 Å². The summed E-state index contributed by atoms with van der Waals surface area (Å²) in [5.74, 6) is 0. The predicted octanol–water partition coefficient (Wildman–Crippen LogP) is 9.58. The number of nitrogens with one attached hydrogen (secondary N) is 2. The molecule has 0 atom stereocenters. The van der Waals surface area contributed by atoms with Crippen LogP contribution in [0.15, 0.2) is 0 Å². The molecule has 4 aromatic rings. The Bertz CT molecular complexity index is 1350. The van der Waals surface area contributed by atoms with E-state index < -0.39 is 0 Å². The second-order valence-electron chi connectivity index (χ2n) is 9.25. The molecule has 0 aliphatic heterocycles. The van der Waals surface area contributed by atoms with E-state index in [-0.39, 0.29) is 196 Å². The number of hydrogen-bond acceptors (Lipinski definition) is 0. The summed E-state index contributed by atoms with van der Waals surface area (Å²) in [5, 5.41) is 6.80. The van der Waals surface area contributed by atoms with Crippen LogP contribution in [0.5, 0.6) is 0 Å². The van der Waals surface area contributed by atoms with E-state index in [9.17, 15) is 0 Å². The van der Waals surface area contributed by atoms with Gasteiger partial charge in [-0.3, -0.25) is 0 Å². The standard InChI is InChI=1S/C28H32N2.6Y/c1-11-13(3)17(7)25-21(15(11)5)23-19(9)28(30)26-18(8)14(4)12(2)16(6)22(26)24(23)20(10)27(25)29;;;;;;/h29-30H,1-10H3;;;;;;/q-2;;;;;;. The summed E-state index contributed by atoms with van der Waals surface area (Å²) in [6.45, 7) is 21.6. The molecule has 0 amide bonds. The van der Waals surface area contributed by atoms with Crippen LogP contribution in [0.2, 0.25) is 0 Å². The summed E-state index contributed by atoms with van der Waals surface area (Å²) in [5.41, 5.74) is 31.6. The van der Waals surface area contributed by atoms with Gasteiger partial charge in [0.2, 0.25) is 0 Å². The van der Waals surface area contributed by atoms with E-state index in [1.165, 1.54) is 66.1 Å². The van der Waals surface area contributed by atoms with Gasteiger partial charge in [-0.2, -0.15) is 0 Å². The smallest absolute Gasteiger partial charge is 0 e. The van der Waals surface area contributed by atoms with Crippen molar-refractivity contribution in [2.45, 2.75) is 69.2 Å². The van der Waals surface area contributed by atoms with E-state index >= 15 is 0 Å². The largest absolute Gasteiger partial charge is 0.698 e. The Morgan fingerprint density at radius 2 is 0.417 bits per heavy atom. The van der Waals surface area contributed by atoms with Gasteiger partial charge >= 0.3 is 0 Å². The molecule has 0 saturated heterocycles. The van der Waals surface area contributed by atoms with Gasteiger partial charge in [0, 0.05) is 196 Å². The van der Waals surface area contributed by atoms with Crippen molar-refractivity contribution in [2.24, 2.45) is 0 Å². The van der Waals surface area contributed by atoms with Crippen LogP contribution in [0.25, 0.3) is 43.8 Å². The van der Waals surface area contributed by atoms with E-state index in [0.29, 0.717) is 11.4 Å². The zero-order chi connectivity index (χ0) is 22.4. The monoisotopic (exact) mass is 930 g/mol. The molecule has 2 nitrogen and oxygen atoms in total. The molecule has 0 unspecified atom stereocenters. The van der Waals surface area contributed by atoms with E-state index in [0.717, 1.165) is 21.9 Å². The Morgan fingerprint density at radius 1 is 0.250 bits per heavy atom. The third-order valence-electron chi connectivity index (χ3n) is 8.12. The van der Waals surface area contributed by atoms with Crippen molar-refractivity contribution in [3.63, 3.8) is 0 Å². The van der Waals surface area contributed by atoms with Crippen LogP contribution >= 0.6 is 0 Å². The summed E-state index contributed by atoms with van der Waals surface area (Å²) in [6.07, 6.45) is 0. The molecule has 174 valence electrons. The van der Waals surface area contributed by atoms with Crippen molar-refractivity contribution in [2.75, 3.05) is 0 Å². The molecule has 0 saturated carbocycles. The molecule has 2 N–H and O–H groups in total. The van der Waals surface area contributed by atoms with Gasteiger partial charge in [-0.15, -0.1) is 11.4 Å². The van der Waals surface area contributed by atoms with Crippen LogP contribution < -0.4 is 0 Å². The number of rotatable bonds is 0. The minimum absolute atomic E-state index is 0. The Morgan fingerprint density at radius 3 is 0.639 bits per heavy atom. The Kier molecular flexibility index (Phi) is 20.5. The predicted molar refractivity (Wildman–Crippen MR) is 134 cm³/mol. The molecule has 0 aliphatic carbocycles. The molecule has 8 heteroatoms. The summed E-state index contributed by atoms with van der Waals surface area (Å²) in [4.78, 5) is 0. The fourth-order valence-electron chi connectivity index (χ4n) is 5.50. The van der Waals surface area contributed by atoms with Crippen molar-refractivity contribution in [3.05, 3.63) is 67.1 Å². The van der Waals surface area contributed by atoms with Crippen LogP contribution in [0, 0.1) is 69.2 Å². The van der Waals surface area contributed by atoms with E-state index in [2.05, 4.69) is 69.2 Å². The minimum Gasteiger partial charge on any atom is -0.698 e. The van der Waals surface area contributed by atoms with Crippen LogP contribution in [-0.2, 0) is 196 Å². The zero-order valence-electron chi connectivity index (χ0n) is 23.5. The van der Waals surface area contributed by atoms with Gasteiger partial charge in [0.15, 0.2) is 0 Å². The third kappa shape index (κ3) is 6.67. The fraction of sp³-hybridized carbons (Fsp3) is 0.357. The van der Waals surface area contributed by atoms with Crippen molar-refractivity contribution < 1.29 is 196 Å². The Hall–Kier alpha value is 3.88. The Labute approximate surface area is 368 Å². The van der Waals surface area contributed by atoms with Crippen LogP contribution in [0.4, 0.5) is 11.4 Å². The summed E-state index contributed by atoms with van der Waals surface area (Å²) in [6, 6.07) is 0. The zero-order valence-corrected chi connectivity index (χ0v) is 40.5. The number of fused-ring (bicyclic) bond motifs is 5. The maximum atomic E-state index is 9.15. The second kappa shape index (κ2) is 16.7. The Balaban J connectivity index is -0.00000181. The first-order chi connectivity index (χ1) is 13.9. The topological polar surface area (TPSA) is 47.6 Å². The van der Waals surface area contributed by atoms with E-state index in [4.69, 9.17) is 11.5 Å². The maximum Gasteiger partial charge on any atom is 0 e. The van der Waals surface area contributed by atoms with Crippen molar-refractivity contribution >= 4 is 43.7 Å². The van der Waals surface area contributed by atoms with Gasteiger partial charge in [-0.05, 0) is 146 Å². The summed E-state index contributed by atoms with van der Waals surface area (Å²) < 4.78 is 0. The third-order valence-corrected chi connectivity index (χ3v) is 8.12. The molecule has 0 spiro atoms. The van der Waals surface area contributed by atoms with Gasteiger partial charge in [0.25, 0.3) is 0 Å². The first-order valence-corrected chi connectivity index (χ1v) is 10.8. The quantitative estimate of drug-likeness (QED) is 0.158. The molecule has 4 aromatic carbocycles. The molecule has 0 aliphatic rings. The molecule has 6 radical (unpaired) electrons. The minimum atomic E-state index is 0. The fourth-order valence-corrected chi connectivity index (χ4v) is 5.50. The molecule has 0 fully saturated rings. The van der Waals surface area contributed by atoms with Gasteiger partial charge < -0.3 is 11.5 Å². The van der Waals surface area contributed by atoms with Crippen LogP contribution in [0.3, 0.4) is 0 Å². The first kappa shape index (κ1) is 44.3. The van der Waals surface area contributed by atoms with Crippen LogP contribution in [-0.4, -0.2) is 0 Å². The van der Waals surface area contributed by atoms with Crippen molar-refractivity contribution in [1.82, 2.24) is 0 Å². The van der Waals surface area contributed by atoms with Crippen molar-refractivity contribution in [3.8, 4) is 0 Å². The molecule has 0 aromatic heterocycles.